The molecule has 0 amide bonds. The predicted molar refractivity (Wildman–Crippen MR) is 47.2 cm³/mol. The molecule has 0 spiro atoms. The summed E-state index contributed by atoms with van der Waals surface area (Å²) in [6.07, 6.45) is 2.35. The molecule has 0 aliphatic heterocycles. The first kappa shape index (κ1) is 9.79. The Kier molecular flexibility index (Phi) is 2.42. The van der Waals surface area contributed by atoms with Crippen LogP contribution in [0, 0.1) is 0 Å². The summed E-state index contributed by atoms with van der Waals surface area (Å²) >= 11 is 0. The lowest BCUT2D eigenvalue weighted by Gasteiger charge is -2.02. The van der Waals surface area contributed by atoms with Crippen LogP contribution in [0.25, 0.3) is 0 Å². The van der Waals surface area contributed by atoms with Crippen LogP contribution in [0.15, 0.2) is 23.1 Å². The Labute approximate surface area is 75.7 Å². The van der Waals surface area contributed by atoms with Crippen molar-refractivity contribution in [3.8, 4) is 5.75 Å². The van der Waals surface area contributed by atoms with E-state index in [2.05, 4.69) is 4.18 Å². The molecule has 0 saturated heterocycles. The molecule has 1 aromatic heterocycles. The Bertz CT molecular complexity index is 460. The average Bonchev–Trinajstić information content (AvgIpc) is 1.94. The average molecular weight is 203 g/mol. The minimum absolute atomic E-state index is 0.0330. The Morgan fingerprint density at radius 2 is 2.08 bits per heavy atom. The van der Waals surface area contributed by atoms with Gasteiger partial charge < -0.3 is 8.75 Å². The second kappa shape index (κ2) is 3.21. The molecule has 0 radical (unpaired) electrons. The number of aryl methyl sites for hydroxylation is 1. The Morgan fingerprint density at radius 3 is 2.54 bits per heavy atom. The summed E-state index contributed by atoms with van der Waals surface area (Å²) in [5.41, 5.74) is -0.318. The van der Waals surface area contributed by atoms with Crippen molar-refractivity contribution in [1.29, 1.82) is 0 Å². The highest BCUT2D eigenvalue weighted by Gasteiger charge is 2.04. The molecule has 0 aromatic carbocycles. The van der Waals surface area contributed by atoms with Gasteiger partial charge in [-0.3, -0.25) is 4.79 Å². The molecule has 5 nitrogen and oxygen atoms in total. The smallest absolute Gasteiger partial charge is 0.306 e. The molecule has 13 heavy (non-hydrogen) atoms. The van der Waals surface area contributed by atoms with Gasteiger partial charge in [0.15, 0.2) is 0 Å². The van der Waals surface area contributed by atoms with Crippen molar-refractivity contribution in [2.45, 2.75) is 0 Å². The van der Waals surface area contributed by atoms with Gasteiger partial charge in [0.25, 0.3) is 5.56 Å². The van der Waals surface area contributed by atoms with Crippen LogP contribution < -0.4 is 9.74 Å². The van der Waals surface area contributed by atoms with Crippen molar-refractivity contribution in [2.24, 2.45) is 7.05 Å². The van der Waals surface area contributed by atoms with Crippen LogP contribution in [-0.2, 0) is 17.2 Å². The predicted octanol–water partition coefficient (Wildman–Crippen LogP) is -0.276. The lowest BCUT2D eigenvalue weighted by Crippen LogP contribution is -2.15. The summed E-state index contributed by atoms with van der Waals surface area (Å²) in [4.78, 5) is 11.0. The van der Waals surface area contributed by atoms with Crippen molar-refractivity contribution >= 4 is 10.1 Å². The fourth-order valence-electron chi connectivity index (χ4n) is 0.757. The van der Waals surface area contributed by atoms with Gasteiger partial charge in [0.2, 0.25) is 0 Å². The molecule has 0 bridgehead atoms. The van der Waals surface area contributed by atoms with Crippen molar-refractivity contribution in [3.63, 3.8) is 0 Å². The second-order valence-electron chi connectivity index (χ2n) is 2.60. The van der Waals surface area contributed by atoms with Gasteiger partial charge >= 0.3 is 10.1 Å². The number of hydrogen-bond acceptors (Lipinski definition) is 4. The van der Waals surface area contributed by atoms with Gasteiger partial charge in [-0.15, -0.1) is 0 Å². The molecule has 0 aliphatic carbocycles. The highest BCUT2D eigenvalue weighted by Crippen LogP contribution is 2.07. The number of hydrogen-bond donors (Lipinski definition) is 0. The first-order valence-electron chi connectivity index (χ1n) is 3.44. The van der Waals surface area contributed by atoms with E-state index in [1.54, 1.807) is 7.05 Å². The highest BCUT2D eigenvalue weighted by molar-refractivity contribution is 7.86. The van der Waals surface area contributed by atoms with Gasteiger partial charge in [0.1, 0.15) is 5.75 Å². The van der Waals surface area contributed by atoms with Gasteiger partial charge in [0, 0.05) is 19.3 Å². The maximum atomic E-state index is 11.0. The van der Waals surface area contributed by atoms with Crippen LogP contribution in [0.3, 0.4) is 0 Å². The minimum atomic E-state index is -3.55. The summed E-state index contributed by atoms with van der Waals surface area (Å²) in [5, 5.41) is 0. The summed E-state index contributed by atoms with van der Waals surface area (Å²) < 4.78 is 27.1. The standard InChI is InChI=1S/C7H9NO4S/c1-8-4-3-6(5-7(8)9)12-13(2,10)11/h3-5H,1-2H3. The van der Waals surface area contributed by atoms with Crippen LogP contribution >= 0.6 is 0 Å². The van der Waals surface area contributed by atoms with Crippen LogP contribution in [0.5, 0.6) is 5.75 Å². The van der Waals surface area contributed by atoms with E-state index in [4.69, 9.17) is 0 Å². The minimum Gasteiger partial charge on any atom is -0.382 e. The van der Waals surface area contributed by atoms with E-state index in [9.17, 15) is 13.2 Å². The number of rotatable bonds is 2. The Morgan fingerprint density at radius 1 is 1.46 bits per heavy atom. The maximum absolute atomic E-state index is 11.0. The zero-order chi connectivity index (χ0) is 10.1. The van der Waals surface area contributed by atoms with E-state index in [0.717, 1.165) is 12.3 Å². The lowest BCUT2D eigenvalue weighted by atomic mass is 10.4. The molecule has 6 heteroatoms. The van der Waals surface area contributed by atoms with E-state index >= 15 is 0 Å². The lowest BCUT2D eigenvalue weighted by molar-refractivity contribution is 0.491. The van der Waals surface area contributed by atoms with E-state index in [0.29, 0.717) is 0 Å². The van der Waals surface area contributed by atoms with Gasteiger partial charge in [0.05, 0.1) is 6.26 Å². The molecule has 1 aromatic rings. The Balaban J connectivity index is 3.06. The molecule has 0 saturated carbocycles. The quantitative estimate of drug-likeness (QED) is 0.620. The monoisotopic (exact) mass is 203 g/mol. The van der Waals surface area contributed by atoms with E-state index < -0.39 is 10.1 Å². The van der Waals surface area contributed by atoms with Crippen LogP contribution in [0.2, 0.25) is 0 Å². The molecule has 72 valence electrons. The van der Waals surface area contributed by atoms with Crippen molar-refractivity contribution in [1.82, 2.24) is 4.57 Å². The fourth-order valence-corrected chi connectivity index (χ4v) is 1.21. The number of aromatic nitrogens is 1. The van der Waals surface area contributed by atoms with Crippen molar-refractivity contribution in [3.05, 3.63) is 28.7 Å². The SMILES string of the molecule is Cn1ccc(OS(C)(=O)=O)cc1=O. The van der Waals surface area contributed by atoms with E-state index in [1.165, 1.54) is 16.8 Å². The number of nitrogens with zero attached hydrogens (tertiary/aromatic N) is 1. The van der Waals surface area contributed by atoms with E-state index in [-0.39, 0.29) is 11.3 Å². The van der Waals surface area contributed by atoms with Gasteiger partial charge in [-0.05, 0) is 6.07 Å². The molecule has 0 atom stereocenters. The molecular formula is C7H9NO4S. The Hall–Kier alpha value is -1.30. The largest absolute Gasteiger partial charge is 0.382 e. The van der Waals surface area contributed by atoms with Crippen molar-refractivity contribution in [2.75, 3.05) is 6.26 Å². The zero-order valence-corrected chi connectivity index (χ0v) is 8.04. The first-order valence-corrected chi connectivity index (χ1v) is 5.26. The third-order valence-electron chi connectivity index (χ3n) is 1.32. The van der Waals surface area contributed by atoms with Crippen LogP contribution in [0.1, 0.15) is 0 Å². The van der Waals surface area contributed by atoms with Crippen LogP contribution in [-0.4, -0.2) is 19.2 Å². The topological polar surface area (TPSA) is 65.4 Å². The van der Waals surface area contributed by atoms with Gasteiger partial charge in [-0.1, -0.05) is 0 Å². The molecule has 0 N–H and O–H groups in total. The first-order chi connectivity index (χ1) is 5.88. The highest BCUT2D eigenvalue weighted by atomic mass is 32.2. The van der Waals surface area contributed by atoms with Crippen LogP contribution in [0.4, 0.5) is 0 Å². The normalized spacial score (nSPS) is 11.2. The molecule has 0 unspecified atom stereocenters. The number of pyridine rings is 1. The second-order valence-corrected chi connectivity index (χ2v) is 4.17. The van der Waals surface area contributed by atoms with Gasteiger partial charge in [-0.25, -0.2) is 0 Å². The maximum Gasteiger partial charge on any atom is 0.306 e. The molecule has 1 heterocycles. The van der Waals surface area contributed by atoms with Crippen molar-refractivity contribution < 1.29 is 12.6 Å². The fraction of sp³-hybridized carbons (Fsp3) is 0.286. The molecular weight excluding hydrogens is 194 g/mol. The summed E-state index contributed by atoms with van der Waals surface area (Å²) in [6, 6.07) is 2.52. The zero-order valence-electron chi connectivity index (χ0n) is 7.22. The summed E-state index contributed by atoms with van der Waals surface area (Å²) in [6.45, 7) is 0. The van der Waals surface area contributed by atoms with E-state index in [1.807, 2.05) is 0 Å². The molecule has 0 aliphatic rings. The summed E-state index contributed by atoms with van der Waals surface area (Å²) in [7, 11) is -1.99. The summed E-state index contributed by atoms with van der Waals surface area (Å²) in [5.74, 6) is 0.0330. The third-order valence-corrected chi connectivity index (χ3v) is 1.82. The van der Waals surface area contributed by atoms with Gasteiger partial charge in [-0.2, -0.15) is 8.42 Å². The third kappa shape index (κ3) is 2.90. The molecule has 0 fully saturated rings. The molecule has 1 rings (SSSR count).